The predicted octanol–water partition coefficient (Wildman–Crippen LogP) is 4.26. The number of benzene rings is 1. The van der Waals surface area contributed by atoms with Gasteiger partial charge in [0.25, 0.3) is 0 Å². The van der Waals surface area contributed by atoms with E-state index in [1.807, 2.05) is 39.0 Å². The van der Waals surface area contributed by atoms with Gasteiger partial charge in [0, 0.05) is 5.33 Å². The fraction of sp³-hybridized carbons (Fsp3) is 0.538. The van der Waals surface area contributed by atoms with Gasteiger partial charge in [-0.1, -0.05) is 46.3 Å². The van der Waals surface area contributed by atoms with E-state index in [1.165, 1.54) is 0 Å². The number of hydrogen-bond donors (Lipinski definition) is 0. The summed E-state index contributed by atoms with van der Waals surface area (Å²) in [6.45, 7) is 5.93. The molecule has 0 radical (unpaired) electrons. The molecular formula is C13H19BrO2. The Morgan fingerprint density at radius 2 is 1.81 bits per heavy atom. The average Bonchev–Trinajstić information content (AvgIpc) is 2.24. The van der Waals surface area contributed by atoms with E-state index in [-0.39, 0.29) is 11.7 Å². The number of alkyl halides is 1. The van der Waals surface area contributed by atoms with Gasteiger partial charge in [-0.2, -0.15) is 0 Å². The maximum absolute atomic E-state index is 5.50. The molecule has 1 atom stereocenters. The van der Waals surface area contributed by atoms with Gasteiger partial charge >= 0.3 is 0 Å². The maximum Gasteiger partial charge on any atom is 0.119 e. The van der Waals surface area contributed by atoms with Crippen LogP contribution in [0.1, 0.15) is 38.9 Å². The lowest BCUT2D eigenvalue weighted by atomic mass is 10.1. The standard InChI is InChI=1S/C13H19BrO2/c1-13(2,3)16-15-12(9-10-14)11-7-5-4-6-8-11/h4-8,12H,9-10H2,1-3H3. The first-order valence-corrected chi connectivity index (χ1v) is 6.60. The molecule has 1 aromatic rings. The average molecular weight is 287 g/mol. The minimum atomic E-state index is -0.278. The zero-order chi connectivity index (χ0) is 12.0. The molecule has 0 saturated heterocycles. The van der Waals surface area contributed by atoms with E-state index in [0.717, 1.165) is 17.3 Å². The van der Waals surface area contributed by atoms with Crippen molar-refractivity contribution in [3.63, 3.8) is 0 Å². The predicted molar refractivity (Wildman–Crippen MR) is 69.5 cm³/mol. The van der Waals surface area contributed by atoms with Crippen molar-refractivity contribution in [1.29, 1.82) is 0 Å². The van der Waals surface area contributed by atoms with Gasteiger partial charge in [-0.25, -0.2) is 9.78 Å². The molecule has 0 saturated carbocycles. The molecule has 0 amide bonds. The molecule has 0 aromatic heterocycles. The molecule has 1 rings (SSSR count). The van der Waals surface area contributed by atoms with Crippen molar-refractivity contribution in [2.75, 3.05) is 5.33 Å². The second kappa shape index (κ2) is 6.38. The molecule has 0 aliphatic carbocycles. The van der Waals surface area contributed by atoms with Crippen LogP contribution in [-0.2, 0) is 9.78 Å². The maximum atomic E-state index is 5.50. The molecule has 90 valence electrons. The fourth-order valence-corrected chi connectivity index (χ4v) is 1.66. The molecule has 3 heteroatoms. The SMILES string of the molecule is CC(C)(C)OOC(CCBr)c1ccccc1. The Hall–Kier alpha value is -0.380. The van der Waals surface area contributed by atoms with Crippen molar-refractivity contribution >= 4 is 15.9 Å². The van der Waals surface area contributed by atoms with Crippen LogP contribution in [0.3, 0.4) is 0 Å². The van der Waals surface area contributed by atoms with E-state index in [1.54, 1.807) is 0 Å². The molecule has 16 heavy (non-hydrogen) atoms. The summed E-state index contributed by atoms with van der Waals surface area (Å²) in [5.41, 5.74) is 0.866. The van der Waals surface area contributed by atoms with Crippen LogP contribution in [0.2, 0.25) is 0 Å². The van der Waals surface area contributed by atoms with Gasteiger partial charge in [0.05, 0.1) is 5.60 Å². The smallest absolute Gasteiger partial charge is 0.119 e. The van der Waals surface area contributed by atoms with Crippen molar-refractivity contribution in [2.45, 2.75) is 38.9 Å². The molecular weight excluding hydrogens is 268 g/mol. The highest BCUT2D eigenvalue weighted by Crippen LogP contribution is 2.24. The van der Waals surface area contributed by atoms with E-state index in [9.17, 15) is 0 Å². The monoisotopic (exact) mass is 286 g/mol. The second-order valence-electron chi connectivity index (χ2n) is 4.67. The third-order valence-corrected chi connectivity index (χ3v) is 2.41. The minimum absolute atomic E-state index is 0.0141. The van der Waals surface area contributed by atoms with Crippen molar-refractivity contribution in [2.24, 2.45) is 0 Å². The van der Waals surface area contributed by atoms with Crippen molar-refractivity contribution in [3.8, 4) is 0 Å². The number of halogens is 1. The van der Waals surface area contributed by atoms with Crippen LogP contribution in [0.5, 0.6) is 0 Å². The van der Waals surface area contributed by atoms with Gasteiger partial charge in [0.2, 0.25) is 0 Å². The van der Waals surface area contributed by atoms with E-state index in [2.05, 4.69) is 28.1 Å². The van der Waals surface area contributed by atoms with Crippen molar-refractivity contribution in [1.82, 2.24) is 0 Å². The first-order valence-electron chi connectivity index (χ1n) is 5.48. The Morgan fingerprint density at radius 3 is 2.31 bits per heavy atom. The summed E-state index contributed by atoms with van der Waals surface area (Å²) < 4.78 is 0. The highest BCUT2D eigenvalue weighted by molar-refractivity contribution is 9.09. The Balaban J connectivity index is 2.61. The Bertz CT molecular complexity index is 293. The van der Waals surface area contributed by atoms with Crippen LogP contribution < -0.4 is 0 Å². The lowest BCUT2D eigenvalue weighted by molar-refractivity contribution is -0.376. The fourth-order valence-electron chi connectivity index (χ4n) is 1.24. The van der Waals surface area contributed by atoms with Crippen LogP contribution in [0.15, 0.2) is 30.3 Å². The van der Waals surface area contributed by atoms with Crippen LogP contribution in [0.25, 0.3) is 0 Å². The summed E-state index contributed by atoms with van der Waals surface area (Å²) in [4.78, 5) is 10.9. The normalized spacial score (nSPS) is 13.8. The Labute approximate surface area is 106 Å². The molecule has 0 bridgehead atoms. The molecule has 0 aliphatic rings. The lowest BCUT2D eigenvalue weighted by Crippen LogP contribution is -2.21. The number of rotatable bonds is 5. The number of hydrogen-bond acceptors (Lipinski definition) is 2. The van der Waals surface area contributed by atoms with Crippen LogP contribution in [-0.4, -0.2) is 10.9 Å². The van der Waals surface area contributed by atoms with Crippen LogP contribution in [0, 0.1) is 0 Å². The summed E-state index contributed by atoms with van der Waals surface area (Å²) in [5, 5.41) is 0.889. The zero-order valence-electron chi connectivity index (χ0n) is 10.1. The van der Waals surface area contributed by atoms with Gasteiger partial charge in [-0.15, -0.1) is 0 Å². The van der Waals surface area contributed by atoms with Gasteiger partial charge in [0.1, 0.15) is 6.10 Å². The van der Waals surface area contributed by atoms with Gasteiger partial charge in [-0.3, -0.25) is 0 Å². The summed E-state index contributed by atoms with van der Waals surface area (Å²) in [5.74, 6) is 0. The van der Waals surface area contributed by atoms with Gasteiger partial charge < -0.3 is 0 Å². The third kappa shape index (κ3) is 5.10. The first-order chi connectivity index (χ1) is 7.53. The van der Waals surface area contributed by atoms with Gasteiger partial charge in [-0.05, 0) is 32.8 Å². The lowest BCUT2D eigenvalue weighted by Gasteiger charge is -2.23. The minimum Gasteiger partial charge on any atom is -0.230 e. The van der Waals surface area contributed by atoms with Crippen molar-refractivity contribution < 1.29 is 9.78 Å². The van der Waals surface area contributed by atoms with E-state index < -0.39 is 0 Å². The molecule has 0 spiro atoms. The van der Waals surface area contributed by atoms with Gasteiger partial charge in [0.15, 0.2) is 0 Å². The highest BCUT2D eigenvalue weighted by Gasteiger charge is 2.17. The quantitative estimate of drug-likeness (QED) is 0.457. The summed E-state index contributed by atoms with van der Waals surface area (Å²) in [7, 11) is 0. The van der Waals surface area contributed by atoms with E-state index in [4.69, 9.17) is 9.78 Å². The van der Waals surface area contributed by atoms with Crippen molar-refractivity contribution in [3.05, 3.63) is 35.9 Å². The molecule has 2 nitrogen and oxygen atoms in total. The zero-order valence-corrected chi connectivity index (χ0v) is 11.7. The highest BCUT2D eigenvalue weighted by atomic mass is 79.9. The molecule has 1 unspecified atom stereocenters. The molecule has 0 aliphatic heterocycles. The molecule has 0 fully saturated rings. The topological polar surface area (TPSA) is 18.5 Å². The van der Waals surface area contributed by atoms with Crippen LogP contribution >= 0.6 is 15.9 Å². The summed E-state index contributed by atoms with van der Waals surface area (Å²) in [6, 6.07) is 10.1. The molecule has 0 N–H and O–H groups in total. The molecule has 1 aromatic carbocycles. The van der Waals surface area contributed by atoms with E-state index in [0.29, 0.717) is 0 Å². The first kappa shape index (κ1) is 13.7. The summed E-state index contributed by atoms with van der Waals surface area (Å²) >= 11 is 3.43. The van der Waals surface area contributed by atoms with Crippen LogP contribution in [0.4, 0.5) is 0 Å². The second-order valence-corrected chi connectivity index (χ2v) is 5.46. The third-order valence-electron chi connectivity index (χ3n) is 1.96. The van der Waals surface area contributed by atoms with E-state index >= 15 is 0 Å². The summed E-state index contributed by atoms with van der Waals surface area (Å²) in [6.07, 6.45) is 0.875. The largest absolute Gasteiger partial charge is 0.230 e. The molecule has 0 heterocycles. The Morgan fingerprint density at radius 1 is 1.19 bits per heavy atom. The Kier molecular flexibility index (Phi) is 5.46.